The van der Waals surface area contributed by atoms with E-state index in [-0.39, 0.29) is 11.1 Å². The molecule has 15 heavy (non-hydrogen) atoms. The molecule has 1 rings (SSSR count). The number of carbonyl (C=O) groups is 1. The Morgan fingerprint density at radius 1 is 1.53 bits per heavy atom. The van der Waals surface area contributed by atoms with Crippen molar-refractivity contribution in [3.05, 3.63) is 12.7 Å². The van der Waals surface area contributed by atoms with Crippen LogP contribution in [0.2, 0.25) is 0 Å². The summed E-state index contributed by atoms with van der Waals surface area (Å²) in [6.45, 7) is 13.3. The van der Waals surface area contributed by atoms with Crippen LogP contribution < -0.4 is 0 Å². The normalized spacial score (nSPS) is 28.4. The maximum atomic E-state index is 12.1. The molecule has 0 aromatic carbocycles. The van der Waals surface area contributed by atoms with Gasteiger partial charge in [-0.2, -0.15) is 0 Å². The predicted octanol–water partition coefficient (Wildman–Crippen LogP) is 2.78. The summed E-state index contributed by atoms with van der Waals surface area (Å²) in [6, 6.07) is 0. The van der Waals surface area contributed by atoms with E-state index in [1.165, 1.54) is 0 Å². The number of hydrogen-bond acceptors (Lipinski definition) is 2. The van der Waals surface area contributed by atoms with Gasteiger partial charge in [0.1, 0.15) is 0 Å². The van der Waals surface area contributed by atoms with E-state index in [2.05, 4.69) is 39.2 Å². The van der Waals surface area contributed by atoms with E-state index in [0.29, 0.717) is 12.2 Å². The molecule has 1 atom stereocenters. The molecule has 2 heteroatoms. The van der Waals surface area contributed by atoms with Gasteiger partial charge in [0.2, 0.25) is 0 Å². The molecule has 86 valence electrons. The van der Waals surface area contributed by atoms with E-state index >= 15 is 0 Å². The number of carbonyl (C=O) groups excluding carboxylic acids is 1. The van der Waals surface area contributed by atoms with Crippen molar-refractivity contribution in [1.82, 2.24) is 4.90 Å². The van der Waals surface area contributed by atoms with Gasteiger partial charge < -0.3 is 0 Å². The highest BCUT2D eigenvalue weighted by Crippen LogP contribution is 2.38. The van der Waals surface area contributed by atoms with E-state index in [1.807, 2.05) is 6.08 Å². The van der Waals surface area contributed by atoms with Crippen molar-refractivity contribution in [2.45, 2.75) is 58.0 Å². The Kier molecular flexibility index (Phi) is 3.39. The predicted molar refractivity (Wildman–Crippen MR) is 63.9 cm³/mol. The molecule has 1 aliphatic heterocycles. The quantitative estimate of drug-likeness (QED) is 0.666. The Labute approximate surface area is 93.3 Å². The second-order valence-electron chi connectivity index (χ2n) is 5.37. The van der Waals surface area contributed by atoms with Crippen LogP contribution in [-0.4, -0.2) is 28.3 Å². The Hall–Kier alpha value is -0.630. The van der Waals surface area contributed by atoms with Gasteiger partial charge in [0.05, 0.1) is 5.54 Å². The first kappa shape index (κ1) is 12.4. The Balaban J connectivity index is 3.07. The lowest BCUT2D eigenvalue weighted by atomic mass is 9.85. The van der Waals surface area contributed by atoms with Crippen molar-refractivity contribution >= 4 is 5.78 Å². The van der Waals surface area contributed by atoms with Gasteiger partial charge in [-0.1, -0.05) is 13.0 Å². The average Bonchev–Trinajstić information content (AvgIpc) is 2.44. The standard InChI is InChI=1S/C13H23NO/c1-6-9-13(7-2)11(15)8-10-14(13)12(3,4)5/h6H,1,7-10H2,2-5H3. The Morgan fingerprint density at radius 3 is 2.53 bits per heavy atom. The third-order valence-corrected chi connectivity index (χ3v) is 3.47. The fraction of sp³-hybridized carbons (Fsp3) is 0.769. The van der Waals surface area contributed by atoms with Crippen LogP contribution in [0.5, 0.6) is 0 Å². The van der Waals surface area contributed by atoms with Crippen LogP contribution in [-0.2, 0) is 4.79 Å². The average molecular weight is 209 g/mol. The summed E-state index contributed by atoms with van der Waals surface area (Å²) < 4.78 is 0. The topological polar surface area (TPSA) is 20.3 Å². The van der Waals surface area contributed by atoms with Crippen molar-refractivity contribution in [2.24, 2.45) is 0 Å². The monoisotopic (exact) mass is 209 g/mol. The molecule has 1 saturated heterocycles. The number of likely N-dealkylation sites (tertiary alicyclic amines) is 1. The highest BCUT2D eigenvalue weighted by Gasteiger charge is 2.49. The first-order valence-electron chi connectivity index (χ1n) is 5.80. The molecule has 2 nitrogen and oxygen atoms in total. The molecule has 0 aromatic rings. The van der Waals surface area contributed by atoms with Gasteiger partial charge >= 0.3 is 0 Å². The molecule has 0 amide bonds. The SMILES string of the molecule is C=CCC1(CC)C(=O)CCN1C(C)(C)C. The van der Waals surface area contributed by atoms with Crippen LogP contribution in [0.3, 0.4) is 0 Å². The van der Waals surface area contributed by atoms with Crippen molar-refractivity contribution in [2.75, 3.05) is 6.54 Å². The Morgan fingerprint density at radius 2 is 2.13 bits per heavy atom. The molecule has 1 fully saturated rings. The van der Waals surface area contributed by atoms with Crippen molar-refractivity contribution in [1.29, 1.82) is 0 Å². The minimum absolute atomic E-state index is 0.0607. The van der Waals surface area contributed by atoms with E-state index in [9.17, 15) is 4.79 Å². The molecule has 0 spiro atoms. The molecule has 0 saturated carbocycles. The van der Waals surface area contributed by atoms with Crippen LogP contribution in [0.15, 0.2) is 12.7 Å². The van der Waals surface area contributed by atoms with Gasteiger partial charge in [-0.3, -0.25) is 9.69 Å². The van der Waals surface area contributed by atoms with E-state index in [4.69, 9.17) is 0 Å². The highest BCUT2D eigenvalue weighted by molar-refractivity contribution is 5.91. The van der Waals surface area contributed by atoms with E-state index in [0.717, 1.165) is 19.4 Å². The zero-order valence-electron chi connectivity index (χ0n) is 10.5. The number of hydrogen-bond donors (Lipinski definition) is 0. The van der Waals surface area contributed by atoms with Crippen LogP contribution in [0.1, 0.15) is 47.0 Å². The molecule has 0 aromatic heterocycles. The first-order valence-corrected chi connectivity index (χ1v) is 5.80. The van der Waals surface area contributed by atoms with E-state index < -0.39 is 0 Å². The maximum absolute atomic E-state index is 12.1. The highest BCUT2D eigenvalue weighted by atomic mass is 16.1. The van der Waals surface area contributed by atoms with Gasteiger partial charge in [0, 0.05) is 18.5 Å². The fourth-order valence-electron chi connectivity index (χ4n) is 2.78. The summed E-state index contributed by atoms with van der Waals surface area (Å²) in [4.78, 5) is 14.4. The van der Waals surface area contributed by atoms with E-state index in [1.54, 1.807) is 0 Å². The largest absolute Gasteiger partial charge is 0.298 e. The summed E-state index contributed by atoms with van der Waals surface area (Å²) in [5, 5.41) is 0. The third-order valence-electron chi connectivity index (χ3n) is 3.47. The summed E-state index contributed by atoms with van der Waals surface area (Å²) in [6.07, 6.45) is 4.24. The molecule has 0 aliphatic carbocycles. The summed E-state index contributed by atoms with van der Waals surface area (Å²) in [7, 11) is 0. The summed E-state index contributed by atoms with van der Waals surface area (Å²) in [5.74, 6) is 0.389. The molecule has 1 aliphatic rings. The molecule has 1 heterocycles. The van der Waals surface area contributed by atoms with Crippen molar-refractivity contribution in [3.63, 3.8) is 0 Å². The van der Waals surface area contributed by atoms with Crippen molar-refractivity contribution in [3.8, 4) is 0 Å². The third kappa shape index (κ3) is 2.00. The van der Waals surface area contributed by atoms with Crippen LogP contribution in [0.4, 0.5) is 0 Å². The van der Waals surface area contributed by atoms with Crippen LogP contribution in [0, 0.1) is 0 Å². The minimum Gasteiger partial charge on any atom is -0.298 e. The second-order valence-corrected chi connectivity index (χ2v) is 5.37. The lowest BCUT2D eigenvalue weighted by Gasteiger charge is -2.44. The summed E-state index contributed by atoms with van der Waals surface area (Å²) in [5.41, 5.74) is -0.217. The molecule has 0 N–H and O–H groups in total. The lowest BCUT2D eigenvalue weighted by Crippen LogP contribution is -2.55. The van der Waals surface area contributed by atoms with Gasteiger partial charge in [-0.15, -0.1) is 6.58 Å². The zero-order valence-corrected chi connectivity index (χ0v) is 10.5. The first-order chi connectivity index (χ1) is 6.88. The van der Waals surface area contributed by atoms with Gasteiger partial charge in [0.15, 0.2) is 5.78 Å². The molecular weight excluding hydrogens is 186 g/mol. The zero-order chi connectivity index (χ0) is 11.7. The molecular formula is C13H23NO. The van der Waals surface area contributed by atoms with Crippen LogP contribution >= 0.6 is 0 Å². The molecule has 0 radical (unpaired) electrons. The fourth-order valence-corrected chi connectivity index (χ4v) is 2.78. The smallest absolute Gasteiger partial charge is 0.154 e. The summed E-state index contributed by atoms with van der Waals surface area (Å²) >= 11 is 0. The number of rotatable bonds is 3. The number of ketones is 1. The number of Topliss-reactive ketones (excluding diaryl/α,β-unsaturated/α-hetero) is 1. The van der Waals surface area contributed by atoms with Gasteiger partial charge in [0.25, 0.3) is 0 Å². The molecule has 0 bridgehead atoms. The van der Waals surface area contributed by atoms with Gasteiger partial charge in [-0.25, -0.2) is 0 Å². The van der Waals surface area contributed by atoms with Crippen LogP contribution in [0.25, 0.3) is 0 Å². The number of nitrogens with zero attached hydrogens (tertiary/aromatic N) is 1. The van der Waals surface area contributed by atoms with Crippen molar-refractivity contribution < 1.29 is 4.79 Å². The lowest BCUT2D eigenvalue weighted by molar-refractivity contribution is -0.127. The Bertz CT molecular complexity index is 264. The second kappa shape index (κ2) is 4.09. The maximum Gasteiger partial charge on any atom is 0.154 e. The van der Waals surface area contributed by atoms with Gasteiger partial charge in [-0.05, 0) is 33.6 Å². The molecule has 1 unspecified atom stereocenters. The minimum atomic E-state index is -0.278.